The molecule has 0 heterocycles. The summed E-state index contributed by atoms with van der Waals surface area (Å²) in [5, 5.41) is 3.15. The summed E-state index contributed by atoms with van der Waals surface area (Å²) in [6, 6.07) is 16.4. The predicted octanol–water partition coefficient (Wildman–Crippen LogP) is 3.88. The van der Waals surface area contributed by atoms with Crippen LogP contribution in [0.25, 0.3) is 0 Å². The predicted molar refractivity (Wildman–Crippen MR) is 96.6 cm³/mol. The Balaban J connectivity index is 1.96. The minimum Gasteiger partial charge on any atom is -0.380 e. The highest BCUT2D eigenvalue weighted by atomic mass is 16.5. The van der Waals surface area contributed by atoms with E-state index in [-0.39, 0.29) is 0 Å². The molecule has 0 aromatic heterocycles. The monoisotopic (exact) mass is 311 g/mol. The second-order valence-electron chi connectivity index (χ2n) is 5.86. The molecule has 0 saturated carbocycles. The number of rotatable bonds is 6. The first kappa shape index (κ1) is 17.0. The molecule has 0 aliphatic carbocycles. The van der Waals surface area contributed by atoms with Gasteiger partial charge in [0, 0.05) is 12.8 Å². The zero-order valence-corrected chi connectivity index (χ0v) is 14.0. The minimum atomic E-state index is 0.423. The van der Waals surface area contributed by atoms with Crippen LogP contribution < -0.4 is 11.1 Å². The Morgan fingerprint density at radius 2 is 1.83 bits per heavy atom. The third kappa shape index (κ3) is 5.42. The van der Waals surface area contributed by atoms with Crippen LogP contribution in [0.2, 0.25) is 0 Å². The Kier molecular flexibility index (Phi) is 6.18. The average molecular weight is 311 g/mol. The first-order valence-corrected chi connectivity index (χ1v) is 7.82. The van der Waals surface area contributed by atoms with Crippen LogP contribution in [0.5, 0.6) is 0 Å². The molecule has 3 N–H and O–H groups in total. The Morgan fingerprint density at radius 1 is 1.13 bits per heavy atom. The van der Waals surface area contributed by atoms with Crippen LogP contribution in [0, 0.1) is 0 Å². The minimum absolute atomic E-state index is 0.423. The average Bonchev–Trinajstić information content (AvgIpc) is 2.55. The maximum Gasteiger partial charge on any atom is 0.193 e. The van der Waals surface area contributed by atoms with Crippen LogP contribution in [-0.2, 0) is 17.9 Å². The van der Waals surface area contributed by atoms with Gasteiger partial charge in [-0.15, -0.1) is 0 Å². The summed E-state index contributed by atoms with van der Waals surface area (Å²) in [6.07, 6.45) is 0. The number of guanidine groups is 1. The Bertz CT molecular complexity index is 648. The summed E-state index contributed by atoms with van der Waals surface area (Å²) in [5.74, 6) is 0.910. The second kappa shape index (κ2) is 8.34. The molecule has 0 atom stereocenters. The van der Waals surface area contributed by atoms with Crippen molar-refractivity contribution in [3.05, 3.63) is 65.2 Å². The molecule has 0 aliphatic rings. The fourth-order valence-corrected chi connectivity index (χ4v) is 2.25. The van der Waals surface area contributed by atoms with Gasteiger partial charge < -0.3 is 15.8 Å². The fraction of sp³-hybridized carbons (Fsp3) is 0.316. The maximum atomic E-state index is 5.98. The highest BCUT2D eigenvalue weighted by Crippen LogP contribution is 2.18. The lowest BCUT2D eigenvalue weighted by molar-refractivity contribution is 0.185. The van der Waals surface area contributed by atoms with Crippen molar-refractivity contribution in [3.8, 4) is 0 Å². The number of anilines is 1. The van der Waals surface area contributed by atoms with Gasteiger partial charge >= 0.3 is 0 Å². The number of nitrogens with one attached hydrogen (secondary N) is 1. The summed E-state index contributed by atoms with van der Waals surface area (Å²) in [6.45, 7) is 5.52. The molecule has 0 radical (unpaired) electrons. The quantitative estimate of drug-likeness (QED) is 0.628. The molecule has 0 bridgehead atoms. The van der Waals surface area contributed by atoms with Gasteiger partial charge in [-0.2, -0.15) is 0 Å². The molecule has 23 heavy (non-hydrogen) atoms. The largest absolute Gasteiger partial charge is 0.380 e. The lowest BCUT2D eigenvalue weighted by Crippen LogP contribution is -2.22. The highest BCUT2D eigenvalue weighted by molar-refractivity contribution is 5.92. The first-order valence-electron chi connectivity index (χ1n) is 7.82. The number of aliphatic imine (C=N–C) groups is 1. The van der Waals surface area contributed by atoms with Crippen molar-refractivity contribution < 1.29 is 4.74 Å². The van der Waals surface area contributed by atoms with Crippen molar-refractivity contribution in [1.82, 2.24) is 0 Å². The van der Waals surface area contributed by atoms with Crippen molar-refractivity contribution >= 4 is 11.6 Å². The summed E-state index contributed by atoms with van der Waals surface area (Å²) in [4.78, 5) is 4.39. The van der Waals surface area contributed by atoms with Gasteiger partial charge in [0.2, 0.25) is 0 Å². The van der Waals surface area contributed by atoms with Crippen molar-refractivity contribution in [1.29, 1.82) is 0 Å². The third-order valence-corrected chi connectivity index (χ3v) is 3.59. The fourth-order valence-electron chi connectivity index (χ4n) is 2.25. The van der Waals surface area contributed by atoms with E-state index in [0.717, 1.165) is 16.8 Å². The molecule has 0 unspecified atom stereocenters. The van der Waals surface area contributed by atoms with Crippen molar-refractivity contribution in [3.63, 3.8) is 0 Å². The number of methoxy groups -OCH3 is 1. The van der Waals surface area contributed by atoms with Gasteiger partial charge in [0.05, 0.1) is 13.2 Å². The Hall–Kier alpha value is -2.33. The molecular weight excluding hydrogens is 286 g/mol. The van der Waals surface area contributed by atoms with E-state index in [1.807, 2.05) is 36.4 Å². The van der Waals surface area contributed by atoms with E-state index in [1.165, 1.54) is 5.56 Å². The van der Waals surface area contributed by atoms with Crippen LogP contribution in [-0.4, -0.2) is 13.1 Å². The lowest BCUT2D eigenvalue weighted by atomic mass is 10.0. The normalized spacial score (nSPS) is 11.7. The van der Waals surface area contributed by atoms with E-state index in [4.69, 9.17) is 10.5 Å². The lowest BCUT2D eigenvalue weighted by Gasteiger charge is -2.10. The van der Waals surface area contributed by atoms with Gasteiger partial charge in [0.25, 0.3) is 0 Å². The van der Waals surface area contributed by atoms with E-state index >= 15 is 0 Å². The third-order valence-electron chi connectivity index (χ3n) is 3.59. The van der Waals surface area contributed by atoms with Gasteiger partial charge in [0.1, 0.15) is 0 Å². The number of hydrogen-bond donors (Lipinski definition) is 2. The van der Waals surface area contributed by atoms with Crippen molar-refractivity contribution in [2.45, 2.75) is 32.9 Å². The summed E-state index contributed by atoms with van der Waals surface area (Å²) in [5.41, 5.74) is 10.5. The zero-order chi connectivity index (χ0) is 16.7. The first-order chi connectivity index (χ1) is 11.1. The molecule has 0 aliphatic heterocycles. The smallest absolute Gasteiger partial charge is 0.193 e. The van der Waals surface area contributed by atoms with E-state index in [0.29, 0.717) is 25.0 Å². The molecule has 4 nitrogen and oxygen atoms in total. The van der Waals surface area contributed by atoms with E-state index in [9.17, 15) is 0 Å². The molecule has 4 heteroatoms. The maximum absolute atomic E-state index is 5.98. The SMILES string of the molecule is COCc1ccc(CN=C(N)Nc2cccc(C(C)C)c2)cc1. The molecule has 0 fully saturated rings. The summed E-state index contributed by atoms with van der Waals surface area (Å²) < 4.78 is 5.10. The standard InChI is InChI=1S/C19H25N3O/c1-14(2)17-5-4-6-18(11-17)22-19(20)21-12-15-7-9-16(10-8-15)13-23-3/h4-11,14H,12-13H2,1-3H3,(H3,20,21,22). The van der Waals surface area contributed by atoms with Gasteiger partial charge in [-0.3, -0.25) is 0 Å². The van der Waals surface area contributed by atoms with Gasteiger partial charge in [-0.1, -0.05) is 50.2 Å². The second-order valence-corrected chi connectivity index (χ2v) is 5.86. The molecule has 2 aromatic carbocycles. The van der Waals surface area contributed by atoms with Crippen LogP contribution in [0.3, 0.4) is 0 Å². The summed E-state index contributed by atoms with van der Waals surface area (Å²) in [7, 11) is 1.69. The van der Waals surface area contributed by atoms with Crippen LogP contribution in [0.15, 0.2) is 53.5 Å². The molecule has 0 saturated heterocycles. The summed E-state index contributed by atoms with van der Waals surface area (Å²) >= 11 is 0. The topological polar surface area (TPSA) is 59.6 Å². The number of nitrogens with two attached hydrogens (primary N) is 1. The van der Waals surface area contributed by atoms with Crippen LogP contribution in [0.4, 0.5) is 5.69 Å². The molecule has 122 valence electrons. The molecular formula is C19H25N3O. The highest BCUT2D eigenvalue weighted by Gasteiger charge is 2.01. The molecule has 2 rings (SSSR count). The molecule has 0 spiro atoms. The van der Waals surface area contributed by atoms with E-state index in [2.05, 4.69) is 36.3 Å². The number of benzene rings is 2. The zero-order valence-electron chi connectivity index (χ0n) is 14.0. The molecule has 2 aromatic rings. The van der Waals surface area contributed by atoms with Crippen molar-refractivity contribution in [2.75, 3.05) is 12.4 Å². The van der Waals surface area contributed by atoms with Crippen LogP contribution in [0.1, 0.15) is 36.5 Å². The van der Waals surface area contributed by atoms with Crippen molar-refractivity contribution in [2.24, 2.45) is 10.7 Å². The molecule has 0 amide bonds. The van der Waals surface area contributed by atoms with Crippen LogP contribution >= 0.6 is 0 Å². The van der Waals surface area contributed by atoms with Gasteiger partial charge in [-0.05, 0) is 34.7 Å². The number of hydrogen-bond acceptors (Lipinski definition) is 2. The van der Waals surface area contributed by atoms with E-state index < -0.39 is 0 Å². The number of nitrogens with zero attached hydrogens (tertiary/aromatic N) is 1. The van der Waals surface area contributed by atoms with E-state index in [1.54, 1.807) is 7.11 Å². The van der Waals surface area contributed by atoms with Gasteiger partial charge in [-0.25, -0.2) is 4.99 Å². The Morgan fingerprint density at radius 3 is 2.48 bits per heavy atom. The van der Waals surface area contributed by atoms with Gasteiger partial charge in [0.15, 0.2) is 5.96 Å². The Labute approximate surface area is 138 Å². The number of ether oxygens (including phenoxy) is 1.